The summed E-state index contributed by atoms with van der Waals surface area (Å²) in [4.78, 5) is 29.7. The Hall–Kier alpha value is -2.90. The number of nitrogens with zero attached hydrogens (tertiary/aromatic N) is 2. The predicted molar refractivity (Wildman–Crippen MR) is 130 cm³/mol. The van der Waals surface area contributed by atoms with Gasteiger partial charge in [0.15, 0.2) is 0 Å². The lowest BCUT2D eigenvalue weighted by Gasteiger charge is -2.33. The summed E-state index contributed by atoms with van der Waals surface area (Å²) in [7, 11) is 0. The normalized spacial score (nSPS) is 21.0. The summed E-state index contributed by atoms with van der Waals surface area (Å²) in [5, 5.41) is 13.7. The van der Waals surface area contributed by atoms with Gasteiger partial charge in [-0.15, -0.1) is 0 Å². The van der Waals surface area contributed by atoms with Crippen LogP contribution in [-0.2, 0) is 22.6 Å². The second kappa shape index (κ2) is 12.0. The van der Waals surface area contributed by atoms with Gasteiger partial charge in [0, 0.05) is 19.6 Å². The maximum Gasteiger partial charge on any atom is 0.318 e. The van der Waals surface area contributed by atoms with Gasteiger partial charge < -0.3 is 25.0 Å². The number of amides is 3. The monoisotopic (exact) mass is 465 g/mol. The fraction of sp³-hybridized carbons (Fsp3) is 0.481. The van der Waals surface area contributed by atoms with Crippen LogP contribution in [0.25, 0.3) is 0 Å². The molecule has 2 aliphatic rings. The third kappa shape index (κ3) is 6.15. The number of benzene rings is 2. The Morgan fingerprint density at radius 1 is 0.941 bits per heavy atom. The Kier molecular flexibility index (Phi) is 8.55. The summed E-state index contributed by atoms with van der Waals surface area (Å²) < 4.78 is 5.73. The summed E-state index contributed by atoms with van der Waals surface area (Å²) >= 11 is 0. The zero-order valence-corrected chi connectivity index (χ0v) is 19.6. The largest absolute Gasteiger partial charge is 0.389 e. The Morgan fingerprint density at radius 3 is 2.32 bits per heavy atom. The van der Waals surface area contributed by atoms with E-state index >= 15 is 0 Å². The molecule has 0 aliphatic carbocycles. The molecule has 2 fully saturated rings. The molecule has 7 heteroatoms. The van der Waals surface area contributed by atoms with Crippen LogP contribution in [0, 0.1) is 0 Å². The van der Waals surface area contributed by atoms with Gasteiger partial charge in [-0.3, -0.25) is 4.79 Å². The highest BCUT2D eigenvalue weighted by Crippen LogP contribution is 2.26. The molecule has 1 unspecified atom stereocenters. The summed E-state index contributed by atoms with van der Waals surface area (Å²) in [6, 6.07) is 18.9. The van der Waals surface area contributed by atoms with Gasteiger partial charge >= 0.3 is 6.03 Å². The number of aliphatic hydroxyl groups excluding tert-OH is 1. The van der Waals surface area contributed by atoms with E-state index in [0.29, 0.717) is 32.7 Å². The van der Waals surface area contributed by atoms with Crippen molar-refractivity contribution < 1.29 is 19.4 Å². The smallest absolute Gasteiger partial charge is 0.318 e. The van der Waals surface area contributed by atoms with Crippen molar-refractivity contribution in [2.24, 2.45) is 0 Å². The lowest BCUT2D eigenvalue weighted by atomic mass is 10.1. The Balaban J connectivity index is 1.28. The third-order valence-corrected chi connectivity index (χ3v) is 6.76. The van der Waals surface area contributed by atoms with Crippen molar-refractivity contribution in [3.8, 4) is 0 Å². The molecule has 0 saturated carbocycles. The molecule has 0 radical (unpaired) electrons. The van der Waals surface area contributed by atoms with Crippen molar-refractivity contribution in [2.45, 2.75) is 56.9 Å². The van der Waals surface area contributed by atoms with Crippen molar-refractivity contribution in [3.05, 3.63) is 71.8 Å². The van der Waals surface area contributed by atoms with Crippen LogP contribution >= 0.6 is 0 Å². The molecule has 2 N–H and O–H groups in total. The molecule has 34 heavy (non-hydrogen) atoms. The van der Waals surface area contributed by atoms with Crippen LogP contribution in [0.5, 0.6) is 0 Å². The average Bonchev–Trinajstić information content (AvgIpc) is 3.55. The van der Waals surface area contributed by atoms with Gasteiger partial charge in [0.05, 0.1) is 25.4 Å². The summed E-state index contributed by atoms with van der Waals surface area (Å²) in [5.74, 6) is -0.0553. The van der Waals surface area contributed by atoms with Crippen LogP contribution in [0.15, 0.2) is 60.7 Å². The first-order valence-electron chi connectivity index (χ1n) is 12.3. The molecule has 0 bridgehead atoms. The third-order valence-electron chi connectivity index (χ3n) is 6.76. The fourth-order valence-corrected chi connectivity index (χ4v) is 4.97. The molecule has 3 atom stereocenters. The minimum Gasteiger partial charge on any atom is -0.389 e. The highest BCUT2D eigenvalue weighted by molar-refractivity contribution is 5.88. The first-order chi connectivity index (χ1) is 16.6. The summed E-state index contributed by atoms with van der Waals surface area (Å²) in [6.45, 7) is 2.33. The number of ether oxygens (including phenoxy) is 1. The Morgan fingerprint density at radius 2 is 1.59 bits per heavy atom. The molecule has 2 saturated heterocycles. The second-order valence-electron chi connectivity index (χ2n) is 9.13. The van der Waals surface area contributed by atoms with E-state index in [1.807, 2.05) is 60.7 Å². The molecule has 0 aromatic heterocycles. The first-order valence-corrected chi connectivity index (χ1v) is 12.3. The maximum atomic E-state index is 13.4. The number of hydrogen-bond acceptors (Lipinski definition) is 4. The fourth-order valence-electron chi connectivity index (χ4n) is 4.97. The summed E-state index contributed by atoms with van der Waals surface area (Å²) in [5.41, 5.74) is 2.22. The number of aliphatic hydroxyl groups is 1. The first kappa shape index (κ1) is 24.2. The zero-order valence-electron chi connectivity index (χ0n) is 19.6. The van der Waals surface area contributed by atoms with Gasteiger partial charge in [-0.1, -0.05) is 60.7 Å². The van der Waals surface area contributed by atoms with E-state index < -0.39 is 12.1 Å². The Bertz CT molecular complexity index is 924. The lowest BCUT2D eigenvalue weighted by Crippen LogP contribution is -2.54. The van der Waals surface area contributed by atoms with E-state index in [1.54, 1.807) is 9.80 Å². The quantitative estimate of drug-likeness (QED) is 0.597. The van der Waals surface area contributed by atoms with E-state index in [4.69, 9.17) is 4.74 Å². The molecule has 0 spiro atoms. The predicted octanol–water partition coefficient (Wildman–Crippen LogP) is 2.97. The molecular weight excluding hydrogens is 430 g/mol. The van der Waals surface area contributed by atoms with Gasteiger partial charge in [0.2, 0.25) is 5.91 Å². The topological polar surface area (TPSA) is 82.1 Å². The number of rotatable bonds is 9. The molecule has 2 heterocycles. The standard InChI is InChI=1S/C27H35N3O4/c31-25(20-34-19-22-11-5-2-6-12-22)23-13-7-17-29(23)26(32)24-14-8-18-30(24)27(33)28-16-15-21-9-3-1-4-10-21/h1-6,9-12,23-25,31H,7-8,13-20H2,(H,28,33)/t23?,24-,25+/m0/s1. The van der Waals surface area contributed by atoms with Crippen molar-refractivity contribution in [3.63, 3.8) is 0 Å². The van der Waals surface area contributed by atoms with E-state index in [1.165, 1.54) is 5.56 Å². The van der Waals surface area contributed by atoms with Crippen LogP contribution in [0.2, 0.25) is 0 Å². The van der Waals surface area contributed by atoms with E-state index in [9.17, 15) is 14.7 Å². The SMILES string of the molecule is O=C([C@@H]1CCCN1C(=O)NCCc1ccccc1)N1CCCC1[C@H](O)COCc1ccccc1. The number of carbonyl (C=O) groups excluding carboxylic acids is 2. The van der Waals surface area contributed by atoms with Crippen LogP contribution in [0.1, 0.15) is 36.8 Å². The van der Waals surface area contributed by atoms with E-state index in [2.05, 4.69) is 5.32 Å². The van der Waals surface area contributed by atoms with Gasteiger partial charge in [0.1, 0.15) is 6.04 Å². The van der Waals surface area contributed by atoms with Gasteiger partial charge in [0.25, 0.3) is 0 Å². The molecule has 3 amide bonds. The molecular formula is C27H35N3O4. The molecule has 2 aromatic carbocycles. The second-order valence-corrected chi connectivity index (χ2v) is 9.13. The van der Waals surface area contributed by atoms with Crippen molar-refractivity contribution in [2.75, 3.05) is 26.2 Å². The van der Waals surface area contributed by atoms with E-state index in [0.717, 1.165) is 31.2 Å². The molecule has 7 nitrogen and oxygen atoms in total. The van der Waals surface area contributed by atoms with Crippen LogP contribution in [-0.4, -0.2) is 71.3 Å². The van der Waals surface area contributed by atoms with Gasteiger partial charge in [-0.2, -0.15) is 0 Å². The Labute approximate surface area is 201 Å². The van der Waals surface area contributed by atoms with Gasteiger partial charge in [-0.05, 0) is 43.2 Å². The van der Waals surface area contributed by atoms with Crippen molar-refractivity contribution in [1.29, 1.82) is 0 Å². The minimum atomic E-state index is -0.746. The number of urea groups is 1. The molecule has 2 aliphatic heterocycles. The van der Waals surface area contributed by atoms with Crippen LogP contribution < -0.4 is 5.32 Å². The summed E-state index contributed by atoms with van der Waals surface area (Å²) in [6.07, 6.45) is 3.07. The molecule has 2 aromatic rings. The van der Waals surface area contributed by atoms with Crippen molar-refractivity contribution >= 4 is 11.9 Å². The number of likely N-dealkylation sites (tertiary alicyclic amines) is 2. The maximum absolute atomic E-state index is 13.4. The van der Waals surface area contributed by atoms with Crippen molar-refractivity contribution in [1.82, 2.24) is 15.1 Å². The number of hydrogen-bond donors (Lipinski definition) is 2. The lowest BCUT2D eigenvalue weighted by molar-refractivity contribution is -0.139. The van der Waals surface area contributed by atoms with E-state index in [-0.39, 0.29) is 24.6 Å². The van der Waals surface area contributed by atoms with Gasteiger partial charge in [-0.25, -0.2) is 4.79 Å². The van der Waals surface area contributed by atoms with Crippen LogP contribution in [0.4, 0.5) is 4.79 Å². The number of carbonyl (C=O) groups is 2. The highest BCUT2D eigenvalue weighted by atomic mass is 16.5. The highest BCUT2D eigenvalue weighted by Gasteiger charge is 2.41. The average molecular weight is 466 g/mol. The molecule has 4 rings (SSSR count). The molecule has 182 valence electrons. The minimum absolute atomic E-state index is 0.0553. The van der Waals surface area contributed by atoms with Crippen LogP contribution in [0.3, 0.4) is 0 Å². The zero-order chi connectivity index (χ0) is 23.8. The number of nitrogens with one attached hydrogen (secondary N) is 1.